The Balaban J connectivity index is 1.94. The molecule has 4 aromatic rings. The van der Waals surface area contributed by atoms with Gasteiger partial charge in [0.05, 0.1) is 16.7 Å². The first kappa shape index (κ1) is 15.4. The minimum absolute atomic E-state index is 0.365. The van der Waals surface area contributed by atoms with Crippen molar-refractivity contribution >= 4 is 18.4 Å². The second-order valence-corrected chi connectivity index (χ2v) is 5.57. The Kier molecular flexibility index (Phi) is 3.97. The van der Waals surface area contributed by atoms with E-state index in [2.05, 4.69) is 0 Å². The molecule has 1 aromatic heterocycles. The van der Waals surface area contributed by atoms with Crippen LogP contribution in [0.4, 0.5) is 0 Å². The molecule has 3 aromatic carbocycles. The third kappa shape index (κ3) is 3.00. The van der Waals surface area contributed by atoms with Crippen LogP contribution in [0.15, 0.2) is 78.9 Å². The third-order valence-electron chi connectivity index (χ3n) is 3.91. The summed E-state index contributed by atoms with van der Waals surface area (Å²) in [5.41, 5.74) is 3.66. The van der Waals surface area contributed by atoms with Crippen molar-refractivity contribution in [2.24, 2.45) is 0 Å². The van der Waals surface area contributed by atoms with E-state index in [4.69, 9.17) is 19.7 Å². The van der Waals surface area contributed by atoms with E-state index in [1.54, 1.807) is 18.2 Å². The number of benzene rings is 3. The molecule has 0 amide bonds. The summed E-state index contributed by atoms with van der Waals surface area (Å²) in [6, 6.07) is 25.0. The molecule has 0 atom stereocenters. The molecular formula is C19H15BN2O3. The molecule has 0 aliphatic heterocycles. The number of aromatic nitrogens is 2. The van der Waals surface area contributed by atoms with Gasteiger partial charge < -0.3 is 14.7 Å². The summed E-state index contributed by atoms with van der Waals surface area (Å²) in [5, 5.41) is 18.1. The summed E-state index contributed by atoms with van der Waals surface area (Å²) in [7, 11) is -1.86. The lowest BCUT2D eigenvalue weighted by Gasteiger charge is -2.12. The van der Waals surface area contributed by atoms with Crippen molar-refractivity contribution in [3.8, 4) is 22.8 Å². The molecule has 4 rings (SSSR count). The van der Waals surface area contributed by atoms with Gasteiger partial charge >= 0.3 is 7.32 Å². The fourth-order valence-electron chi connectivity index (χ4n) is 2.89. The van der Waals surface area contributed by atoms with Crippen molar-refractivity contribution in [3.05, 3.63) is 78.9 Å². The van der Waals surface area contributed by atoms with Crippen molar-refractivity contribution in [2.75, 3.05) is 0 Å². The lowest BCUT2D eigenvalue weighted by Crippen LogP contribution is -2.20. The van der Waals surface area contributed by atoms with Gasteiger partial charge in [0.15, 0.2) is 0 Å². The smallest absolute Gasteiger partial charge is 0.512 e. The van der Waals surface area contributed by atoms with Crippen LogP contribution < -0.4 is 4.65 Å². The van der Waals surface area contributed by atoms with Crippen molar-refractivity contribution in [3.63, 3.8) is 0 Å². The summed E-state index contributed by atoms with van der Waals surface area (Å²) in [6.45, 7) is 0. The van der Waals surface area contributed by atoms with Crippen molar-refractivity contribution in [2.45, 2.75) is 0 Å². The van der Waals surface area contributed by atoms with Crippen LogP contribution >= 0.6 is 0 Å². The first-order chi connectivity index (χ1) is 12.2. The zero-order chi connectivity index (χ0) is 17.2. The molecule has 1 heterocycles. The Bertz CT molecular complexity index is 1020. The SMILES string of the molecule is OB(O)Oc1cccc(-n2c(-c3ccccc3)nc3ccccc32)c1. The Hall–Kier alpha value is -3.09. The molecule has 5 nitrogen and oxygen atoms in total. The van der Waals surface area contributed by atoms with Crippen LogP contribution in [0.25, 0.3) is 28.1 Å². The van der Waals surface area contributed by atoms with E-state index in [0.29, 0.717) is 5.75 Å². The van der Waals surface area contributed by atoms with Crippen LogP contribution in [-0.4, -0.2) is 26.9 Å². The van der Waals surface area contributed by atoms with Crippen molar-refractivity contribution in [1.82, 2.24) is 9.55 Å². The second-order valence-electron chi connectivity index (χ2n) is 5.57. The molecule has 0 unspecified atom stereocenters. The number of rotatable bonds is 4. The second kappa shape index (κ2) is 6.43. The highest BCUT2D eigenvalue weighted by atomic mass is 16.6. The molecule has 122 valence electrons. The highest BCUT2D eigenvalue weighted by Crippen LogP contribution is 2.29. The maximum Gasteiger partial charge on any atom is 0.707 e. The predicted octanol–water partition coefficient (Wildman–Crippen LogP) is 3.04. The van der Waals surface area contributed by atoms with Gasteiger partial charge in [0.1, 0.15) is 11.6 Å². The van der Waals surface area contributed by atoms with Crippen molar-refractivity contribution < 1.29 is 14.7 Å². The van der Waals surface area contributed by atoms with E-state index in [9.17, 15) is 0 Å². The van der Waals surface area contributed by atoms with Crippen molar-refractivity contribution in [1.29, 1.82) is 0 Å². The highest BCUT2D eigenvalue weighted by molar-refractivity contribution is 6.33. The largest absolute Gasteiger partial charge is 0.707 e. The molecule has 2 N–H and O–H groups in total. The van der Waals surface area contributed by atoms with E-state index < -0.39 is 7.32 Å². The van der Waals surface area contributed by atoms with Crippen LogP contribution in [0.3, 0.4) is 0 Å². The van der Waals surface area contributed by atoms with Gasteiger partial charge in [0, 0.05) is 11.6 Å². The molecule has 25 heavy (non-hydrogen) atoms. The average Bonchev–Trinajstić information content (AvgIpc) is 3.02. The Labute approximate surface area is 144 Å². The first-order valence-electron chi connectivity index (χ1n) is 7.88. The van der Waals surface area contributed by atoms with E-state index in [1.807, 2.05) is 65.2 Å². The first-order valence-corrected chi connectivity index (χ1v) is 7.88. The molecule has 0 radical (unpaired) electrons. The summed E-state index contributed by atoms with van der Waals surface area (Å²) < 4.78 is 7.02. The van der Waals surface area contributed by atoms with Gasteiger partial charge in [0.2, 0.25) is 0 Å². The number of fused-ring (bicyclic) bond motifs is 1. The standard InChI is InChI=1S/C19H15BN2O3/c23-20(24)25-16-10-6-9-15(13-16)22-18-12-5-4-11-17(18)21-19(22)14-7-2-1-3-8-14/h1-13,23-24H. The molecule has 0 aliphatic rings. The normalized spacial score (nSPS) is 10.8. The predicted molar refractivity (Wildman–Crippen MR) is 97.3 cm³/mol. The molecule has 0 saturated carbocycles. The Morgan fingerprint density at radius 2 is 1.60 bits per heavy atom. The van der Waals surface area contributed by atoms with Gasteiger partial charge in [0.25, 0.3) is 0 Å². The van der Waals surface area contributed by atoms with Gasteiger partial charge in [-0.3, -0.25) is 4.57 Å². The van der Waals surface area contributed by atoms with E-state index in [-0.39, 0.29) is 0 Å². The fraction of sp³-hybridized carbons (Fsp3) is 0. The topological polar surface area (TPSA) is 67.5 Å². The van der Waals surface area contributed by atoms with Gasteiger partial charge in [-0.15, -0.1) is 0 Å². The van der Waals surface area contributed by atoms with Gasteiger partial charge in [-0.2, -0.15) is 0 Å². The molecule has 0 saturated heterocycles. The molecule has 0 fully saturated rings. The van der Waals surface area contributed by atoms with Crippen LogP contribution in [0.1, 0.15) is 0 Å². The summed E-state index contributed by atoms with van der Waals surface area (Å²) in [5.74, 6) is 1.17. The maximum atomic E-state index is 9.05. The summed E-state index contributed by atoms with van der Waals surface area (Å²) in [6.07, 6.45) is 0. The lowest BCUT2D eigenvalue weighted by atomic mass is 10.2. The molecular weight excluding hydrogens is 315 g/mol. The van der Waals surface area contributed by atoms with Crippen LogP contribution in [0.2, 0.25) is 0 Å². The number of para-hydroxylation sites is 2. The van der Waals surface area contributed by atoms with E-state index in [1.165, 1.54) is 0 Å². The zero-order valence-electron chi connectivity index (χ0n) is 13.3. The zero-order valence-corrected chi connectivity index (χ0v) is 13.3. The molecule has 6 heteroatoms. The van der Waals surface area contributed by atoms with Crippen LogP contribution in [0.5, 0.6) is 5.75 Å². The Morgan fingerprint density at radius 3 is 2.40 bits per heavy atom. The number of imidazole rings is 1. The average molecular weight is 330 g/mol. The summed E-state index contributed by atoms with van der Waals surface area (Å²) >= 11 is 0. The minimum atomic E-state index is -1.86. The maximum absolute atomic E-state index is 9.05. The molecule has 0 aliphatic carbocycles. The summed E-state index contributed by atoms with van der Waals surface area (Å²) in [4.78, 5) is 4.77. The van der Waals surface area contributed by atoms with Crippen LogP contribution in [-0.2, 0) is 0 Å². The number of nitrogens with zero attached hydrogens (tertiary/aromatic N) is 2. The molecule has 0 spiro atoms. The third-order valence-corrected chi connectivity index (χ3v) is 3.91. The van der Waals surface area contributed by atoms with E-state index in [0.717, 1.165) is 28.1 Å². The minimum Gasteiger partial charge on any atom is -0.512 e. The van der Waals surface area contributed by atoms with E-state index >= 15 is 0 Å². The van der Waals surface area contributed by atoms with Gasteiger partial charge in [-0.25, -0.2) is 4.98 Å². The monoisotopic (exact) mass is 330 g/mol. The van der Waals surface area contributed by atoms with Gasteiger partial charge in [-0.1, -0.05) is 48.5 Å². The van der Waals surface area contributed by atoms with Crippen LogP contribution in [0, 0.1) is 0 Å². The number of hydrogen-bond donors (Lipinski definition) is 2. The van der Waals surface area contributed by atoms with Gasteiger partial charge in [-0.05, 0) is 24.3 Å². The highest BCUT2D eigenvalue weighted by Gasteiger charge is 2.16. The fourth-order valence-corrected chi connectivity index (χ4v) is 2.89. The molecule has 0 bridgehead atoms. The lowest BCUT2D eigenvalue weighted by molar-refractivity contribution is 0.288. The Morgan fingerprint density at radius 1 is 0.840 bits per heavy atom. The number of hydrogen-bond acceptors (Lipinski definition) is 4. The quantitative estimate of drug-likeness (QED) is 0.565.